The number of carbonyl (C=O) groups excluding carboxylic acids is 3. The lowest BCUT2D eigenvalue weighted by Gasteiger charge is -2.38. The molecule has 0 spiro atoms. The summed E-state index contributed by atoms with van der Waals surface area (Å²) in [5, 5.41) is 10.9. The molecule has 14 nitrogen and oxygen atoms in total. The fraction of sp³-hybridized carbons (Fsp3) is 0.410. The van der Waals surface area contributed by atoms with Crippen molar-refractivity contribution in [1.82, 2.24) is 30.1 Å². The highest BCUT2D eigenvalue weighted by Gasteiger charge is 2.62. The lowest BCUT2D eigenvalue weighted by atomic mass is 9.73. The van der Waals surface area contributed by atoms with E-state index < -0.39 is 33.3 Å². The van der Waals surface area contributed by atoms with E-state index in [1.807, 2.05) is 48.5 Å². The number of hydrogen-bond acceptors (Lipinski definition) is 11. The van der Waals surface area contributed by atoms with Gasteiger partial charge in [0.1, 0.15) is 23.2 Å². The SMILES string of the molecule is CN(C)C(=O)CSSCC(=O)N1CC[C@]2(c3ccc(OCCCn4cc(CNC(=O)OC(C)(C)C)nn4)cc3)c3ccccc3N(S(=O)(=O)c3ccccc3)[C@H]12. The van der Waals surface area contributed by atoms with Crippen molar-refractivity contribution < 1.29 is 32.3 Å². The maximum atomic E-state index is 14.6. The number of aromatic nitrogens is 3. The summed E-state index contributed by atoms with van der Waals surface area (Å²) in [5.74, 6) is 0.701. The molecule has 4 aromatic rings. The first-order chi connectivity index (χ1) is 26.7. The fourth-order valence-corrected chi connectivity index (χ4v) is 10.5. The maximum Gasteiger partial charge on any atom is 0.407 e. The Balaban J connectivity index is 1.18. The number of carbonyl (C=O) groups is 3. The van der Waals surface area contributed by atoms with Gasteiger partial charge in [0.05, 0.1) is 46.9 Å². The van der Waals surface area contributed by atoms with Gasteiger partial charge < -0.3 is 24.6 Å². The van der Waals surface area contributed by atoms with Gasteiger partial charge in [0.15, 0.2) is 0 Å². The van der Waals surface area contributed by atoms with Gasteiger partial charge in [-0.25, -0.2) is 17.5 Å². The van der Waals surface area contributed by atoms with Gasteiger partial charge in [-0.05, 0) is 68.7 Å². The van der Waals surface area contributed by atoms with Gasteiger partial charge in [-0.3, -0.25) is 14.3 Å². The number of anilines is 1. The lowest BCUT2D eigenvalue weighted by Crippen LogP contribution is -2.54. The highest BCUT2D eigenvalue weighted by Crippen LogP contribution is 2.57. The second-order valence-corrected chi connectivity index (χ2v) is 19.0. The van der Waals surface area contributed by atoms with Crippen LogP contribution >= 0.6 is 21.6 Å². The predicted octanol–water partition coefficient (Wildman–Crippen LogP) is 5.29. The van der Waals surface area contributed by atoms with Gasteiger partial charge in [0.2, 0.25) is 11.8 Å². The highest BCUT2D eigenvalue weighted by atomic mass is 33.1. The molecule has 2 atom stereocenters. The van der Waals surface area contributed by atoms with E-state index in [4.69, 9.17) is 9.47 Å². The third-order valence-electron chi connectivity index (χ3n) is 9.46. The van der Waals surface area contributed by atoms with Gasteiger partial charge in [0.25, 0.3) is 10.0 Å². The van der Waals surface area contributed by atoms with Crippen LogP contribution in [0.25, 0.3) is 0 Å². The van der Waals surface area contributed by atoms with Gasteiger partial charge in [-0.15, -0.1) is 5.10 Å². The summed E-state index contributed by atoms with van der Waals surface area (Å²) >= 11 is 0. The normalized spacial score (nSPS) is 17.6. The van der Waals surface area contributed by atoms with Gasteiger partial charge in [0, 0.05) is 33.6 Å². The number of alkyl carbamates (subject to hydrolysis) is 1. The number of benzene rings is 3. The molecule has 3 aromatic carbocycles. The molecule has 3 heterocycles. The van der Waals surface area contributed by atoms with Crippen molar-refractivity contribution in [2.75, 3.05) is 43.1 Å². The van der Waals surface area contributed by atoms with Crippen molar-refractivity contribution in [3.8, 4) is 5.75 Å². The van der Waals surface area contributed by atoms with Crippen molar-refractivity contribution in [2.45, 2.75) is 68.8 Å². The topological polar surface area (TPSA) is 156 Å². The minimum absolute atomic E-state index is 0.0516. The van der Waals surface area contributed by atoms with Crippen LogP contribution in [-0.2, 0) is 42.9 Å². The molecule has 2 aliphatic heterocycles. The molecular weight excluding hydrogens is 775 g/mol. The van der Waals surface area contributed by atoms with E-state index in [-0.39, 0.29) is 34.8 Å². The third-order valence-corrected chi connectivity index (χ3v) is 13.3. The number of aryl methyl sites for hydroxylation is 1. The molecule has 1 saturated heterocycles. The molecule has 6 rings (SSSR count). The number of para-hydroxylation sites is 1. The molecule has 0 unspecified atom stereocenters. The van der Waals surface area contributed by atoms with Crippen LogP contribution in [-0.4, -0.2) is 102 Å². The zero-order valence-electron chi connectivity index (χ0n) is 32.1. The quantitative estimate of drug-likeness (QED) is 0.123. The van der Waals surface area contributed by atoms with E-state index in [0.29, 0.717) is 49.7 Å². The summed E-state index contributed by atoms with van der Waals surface area (Å²) in [6, 6.07) is 23.5. The van der Waals surface area contributed by atoms with E-state index in [1.54, 1.807) is 81.0 Å². The molecule has 298 valence electrons. The van der Waals surface area contributed by atoms with Crippen LogP contribution in [0.4, 0.5) is 10.5 Å². The van der Waals surface area contributed by atoms with Crippen LogP contribution in [0.2, 0.25) is 0 Å². The smallest absolute Gasteiger partial charge is 0.407 e. The molecule has 0 bridgehead atoms. The first-order valence-electron chi connectivity index (χ1n) is 18.2. The number of fused-ring (bicyclic) bond motifs is 3. The lowest BCUT2D eigenvalue weighted by molar-refractivity contribution is -0.129. The summed E-state index contributed by atoms with van der Waals surface area (Å²) < 4.78 is 43.6. The van der Waals surface area contributed by atoms with Gasteiger partial charge in [-0.1, -0.05) is 75.3 Å². The van der Waals surface area contributed by atoms with Crippen LogP contribution < -0.4 is 14.4 Å². The molecule has 1 aromatic heterocycles. The number of likely N-dealkylation sites (tertiary alicyclic amines) is 1. The van der Waals surface area contributed by atoms with Gasteiger partial charge in [-0.2, -0.15) is 0 Å². The van der Waals surface area contributed by atoms with E-state index >= 15 is 0 Å². The van der Waals surface area contributed by atoms with Crippen LogP contribution in [0, 0.1) is 0 Å². The number of sulfonamides is 1. The molecule has 17 heteroatoms. The molecule has 2 aliphatic rings. The molecule has 3 amide bonds. The average Bonchev–Trinajstić information content (AvgIpc) is 3.87. The summed E-state index contributed by atoms with van der Waals surface area (Å²) in [7, 11) is 1.87. The predicted molar refractivity (Wildman–Crippen MR) is 217 cm³/mol. The summed E-state index contributed by atoms with van der Waals surface area (Å²) in [5.41, 5.74) is 1.41. The zero-order chi connectivity index (χ0) is 40.1. The van der Waals surface area contributed by atoms with Crippen molar-refractivity contribution in [3.05, 3.63) is 102 Å². The van der Waals surface area contributed by atoms with Gasteiger partial charge >= 0.3 is 6.09 Å². The van der Waals surface area contributed by atoms with Crippen molar-refractivity contribution in [2.24, 2.45) is 0 Å². The Bertz CT molecular complexity index is 2130. The van der Waals surface area contributed by atoms with E-state index in [9.17, 15) is 22.8 Å². The number of rotatable bonds is 15. The van der Waals surface area contributed by atoms with E-state index in [2.05, 4.69) is 15.6 Å². The van der Waals surface area contributed by atoms with Crippen molar-refractivity contribution in [1.29, 1.82) is 0 Å². The zero-order valence-corrected chi connectivity index (χ0v) is 34.5. The largest absolute Gasteiger partial charge is 0.494 e. The Morgan fingerprint density at radius 3 is 2.38 bits per heavy atom. The van der Waals surface area contributed by atoms with Crippen LogP contribution in [0.3, 0.4) is 0 Å². The van der Waals surface area contributed by atoms with E-state index in [1.165, 1.54) is 30.8 Å². The van der Waals surface area contributed by atoms with E-state index in [0.717, 1.165) is 11.1 Å². The first kappa shape index (κ1) is 40.9. The number of amides is 3. The fourth-order valence-electron chi connectivity index (χ4n) is 6.93. The number of nitrogens with one attached hydrogen (secondary N) is 1. The minimum Gasteiger partial charge on any atom is -0.494 e. The first-order valence-corrected chi connectivity index (χ1v) is 22.2. The standard InChI is InChI=1S/C39H47N7O7S3/c1-38(2,3)53-37(49)40-24-29-25-44(42-41-29)21-11-23-52-30-18-16-28(17-19-30)39-20-22-45(35(48)27-55-54-26-34(47)43(4)5)36(39)46(33-15-10-9-14-32(33)39)56(50,51)31-12-7-6-8-13-31/h6-10,12-19,25,36H,11,20-24,26-27H2,1-5H3,(H,40,49)/t36-,39-/m0/s1. The number of nitrogens with zero attached hydrogens (tertiary/aromatic N) is 6. The molecule has 0 aliphatic carbocycles. The van der Waals surface area contributed by atoms with Crippen LogP contribution in [0.5, 0.6) is 5.75 Å². The molecule has 56 heavy (non-hydrogen) atoms. The molecule has 0 saturated carbocycles. The second-order valence-electron chi connectivity index (χ2n) is 14.7. The third kappa shape index (κ3) is 8.94. The van der Waals surface area contributed by atoms with Crippen molar-refractivity contribution >= 4 is 55.2 Å². The van der Waals surface area contributed by atoms with Crippen LogP contribution in [0.15, 0.2) is 90.0 Å². The average molecular weight is 822 g/mol. The second kappa shape index (κ2) is 17.2. The molecule has 1 N–H and O–H groups in total. The van der Waals surface area contributed by atoms with Crippen LogP contribution in [0.1, 0.15) is 50.4 Å². The Labute approximate surface area is 335 Å². The molecule has 1 fully saturated rings. The maximum absolute atomic E-state index is 14.6. The number of hydrogen-bond donors (Lipinski definition) is 1. The number of ether oxygens (including phenoxy) is 2. The summed E-state index contributed by atoms with van der Waals surface area (Å²) in [6.45, 7) is 6.90. The van der Waals surface area contributed by atoms with Crippen molar-refractivity contribution in [3.63, 3.8) is 0 Å². The summed E-state index contributed by atoms with van der Waals surface area (Å²) in [4.78, 5) is 41.5. The Hall–Kier alpha value is -4.74. The Morgan fingerprint density at radius 2 is 1.66 bits per heavy atom. The minimum atomic E-state index is -4.11. The molecule has 0 radical (unpaired) electrons. The summed E-state index contributed by atoms with van der Waals surface area (Å²) in [6.07, 6.45) is 1.54. The monoisotopic (exact) mass is 821 g/mol. The Morgan fingerprint density at radius 1 is 0.964 bits per heavy atom. The Kier molecular flexibility index (Phi) is 12.5. The highest BCUT2D eigenvalue weighted by molar-refractivity contribution is 8.77. The molecular formula is C39H47N7O7S3.